The second-order valence-corrected chi connectivity index (χ2v) is 8.81. The molecule has 0 spiro atoms. The van der Waals surface area contributed by atoms with E-state index in [0.29, 0.717) is 19.3 Å². The molecule has 0 aliphatic carbocycles. The molecule has 14 nitrogen and oxygen atoms in total. The van der Waals surface area contributed by atoms with Gasteiger partial charge in [-0.3, -0.25) is 24.2 Å². The molecule has 0 aromatic heterocycles. The Hall–Kier alpha value is -3.42. The van der Waals surface area contributed by atoms with Crippen LogP contribution in [0.3, 0.4) is 0 Å². The standard InChI is InChI=1S/C21H37N7O7/c1-11(2)16(19(33)28-10-4-6-14(28)20(34)35)27-18(32)13(5-3-9-25-21(23)24)26-17(31)12(22)7-8-15(29)30/h11-14,16H,3-10,22H2,1-2H3,(H,26,31)(H,27,32)(H,29,30)(H,34,35)(H4,23,24,25). The summed E-state index contributed by atoms with van der Waals surface area (Å²) in [6, 6.07) is -4.22. The molecule has 14 heteroatoms. The van der Waals surface area contributed by atoms with Crippen LogP contribution in [0.4, 0.5) is 0 Å². The highest BCUT2D eigenvalue weighted by Gasteiger charge is 2.39. The molecule has 0 aromatic carbocycles. The molecule has 0 radical (unpaired) electrons. The number of aliphatic carboxylic acids is 2. The van der Waals surface area contributed by atoms with E-state index in [1.807, 2.05) is 0 Å². The summed E-state index contributed by atoms with van der Waals surface area (Å²) in [7, 11) is 0. The van der Waals surface area contributed by atoms with Crippen molar-refractivity contribution in [3.63, 3.8) is 0 Å². The lowest BCUT2D eigenvalue weighted by molar-refractivity contribution is -0.150. The molecule has 1 aliphatic heterocycles. The number of carboxylic acid groups (broad SMARTS) is 2. The summed E-state index contributed by atoms with van der Waals surface area (Å²) in [5.74, 6) is -4.60. The van der Waals surface area contributed by atoms with E-state index < -0.39 is 53.8 Å². The van der Waals surface area contributed by atoms with Crippen molar-refractivity contribution in [1.29, 1.82) is 0 Å². The zero-order chi connectivity index (χ0) is 26.7. The third kappa shape index (κ3) is 9.76. The van der Waals surface area contributed by atoms with Crippen LogP contribution in [-0.4, -0.2) is 88.0 Å². The fraction of sp³-hybridized carbons (Fsp3) is 0.714. The number of nitrogens with two attached hydrogens (primary N) is 3. The highest BCUT2D eigenvalue weighted by Crippen LogP contribution is 2.20. The highest BCUT2D eigenvalue weighted by molar-refractivity contribution is 5.94. The van der Waals surface area contributed by atoms with Gasteiger partial charge in [-0.2, -0.15) is 0 Å². The van der Waals surface area contributed by atoms with Crippen molar-refractivity contribution in [2.45, 2.75) is 76.5 Å². The van der Waals surface area contributed by atoms with Gasteiger partial charge in [0.15, 0.2) is 5.96 Å². The van der Waals surface area contributed by atoms with Crippen LogP contribution in [-0.2, 0) is 24.0 Å². The van der Waals surface area contributed by atoms with Crippen LogP contribution in [0.1, 0.15) is 52.4 Å². The molecule has 0 aromatic rings. The van der Waals surface area contributed by atoms with Crippen LogP contribution in [0, 0.1) is 5.92 Å². The van der Waals surface area contributed by atoms with Crippen LogP contribution < -0.4 is 27.8 Å². The van der Waals surface area contributed by atoms with E-state index in [0.717, 1.165) is 0 Å². The monoisotopic (exact) mass is 499 g/mol. The van der Waals surface area contributed by atoms with Crippen LogP contribution >= 0.6 is 0 Å². The number of hydrogen-bond acceptors (Lipinski definition) is 7. The van der Waals surface area contributed by atoms with Gasteiger partial charge in [0.25, 0.3) is 0 Å². The zero-order valence-corrected chi connectivity index (χ0v) is 20.1. The molecule has 4 unspecified atom stereocenters. The molecule has 3 amide bonds. The maximum Gasteiger partial charge on any atom is 0.326 e. The largest absolute Gasteiger partial charge is 0.481 e. The topological polar surface area (TPSA) is 244 Å². The minimum atomic E-state index is -1.15. The second kappa shape index (κ2) is 14.1. The first-order valence-electron chi connectivity index (χ1n) is 11.5. The Morgan fingerprint density at radius 1 is 1.06 bits per heavy atom. The van der Waals surface area contributed by atoms with E-state index in [1.165, 1.54) is 4.90 Å². The number of carboxylic acids is 2. The summed E-state index contributed by atoms with van der Waals surface area (Å²) in [4.78, 5) is 66.0. The molecule has 1 rings (SSSR count). The summed E-state index contributed by atoms with van der Waals surface area (Å²) in [6.07, 6.45) is 0.855. The lowest BCUT2D eigenvalue weighted by Crippen LogP contribution is -2.58. The number of likely N-dealkylation sites (tertiary alicyclic amines) is 1. The van der Waals surface area contributed by atoms with Crippen LogP contribution in [0.2, 0.25) is 0 Å². The predicted molar refractivity (Wildman–Crippen MR) is 126 cm³/mol. The fourth-order valence-corrected chi connectivity index (χ4v) is 3.69. The van der Waals surface area contributed by atoms with Crippen molar-refractivity contribution in [3.8, 4) is 0 Å². The molecule has 1 fully saturated rings. The average Bonchev–Trinajstić information content (AvgIpc) is 3.27. The van der Waals surface area contributed by atoms with E-state index in [4.69, 9.17) is 22.3 Å². The second-order valence-electron chi connectivity index (χ2n) is 8.81. The summed E-state index contributed by atoms with van der Waals surface area (Å²) in [5.41, 5.74) is 16.4. The van der Waals surface area contributed by atoms with Crippen molar-refractivity contribution < 1.29 is 34.2 Å². The van der Waals surface area contributed by atoms with E-state index >= 15 is 0 Å². The summed E-state index contributed by atoms with van der Waals surface area (Å²) in [5, 5.41) is 23.3. The normalized spacial score (nSPS) is 17.8. The van der Waals surface area contributed by atoms with Crippen LogP contribution in [0.15, 0.2) is 4.99 Å². The first-order valence-corrected chi connectivity index (χ1v) is 11.5. The smallest absolute Gasteiger partial charge is 0.326 e. The molecule has 0 bridgehead atoms. The van der Waals surface area contributed by atoms with Gasteiger partial charge in [-0.1, -0.05) is 13.8 Å². The first kappa shape index (κ1) is 29.6. The maximum atomic E-state index is 13.1. The molecule has 0 saturated carbocycles. The zero-order valence-electron chi connectivity index (χ0n) is 20.1. The average molecular weight is 500 g/mol. The third-order valence-electron chi connectivity index (χ3n) is 5.64. The van der Waals surface area contributed by atoms with E-state index in [1.54, 1.807) is 13.8 Å². The van der Waals surface area contributed by atoms with Crippen molar-refractivity contribution >= 4 is 35.6 Å². The molecule has 1 aliphatic rings. The fourth-order valence-electron chi connectivity index (χ4n) is 3.69. The maximum absolute atomic E-state index is 13.1. The third-order valence-corrected chi connectivity index (χ3v) is 5.64. The summed E-state index contributed by atoms with van der Waals surface area (Å²) in [6.45, 7) is 3.88. The number of rotatable bonds is 14. The molecular weight excluding hydrogens is 462 g/mol. The Balaban J connectivity index is 2.97. The molecule has 1 heterocycles. The summed E-state index contributed by atoms with van der Waals surface area (Å²) < 4.78 is 0. The molecule has 198 valence electrons. The Morgan fingerprint density at radius 2 is 1.71 bits per heavy atom. The number of carbonyl (C=O) groups excluding carboxylic acids is 3. The minimum absolute atomic E-state index is 0.112. The molecule has 4 atom stereocenters. The highest BCUT2D eigenvalue weighted by atomic mass is 16.4. The molecule has 35 heavy (non-hydrogen) atoms. The predicted octanol–water partition coefficient (Wildman–Crippen LogP) is -2.07. The Labute approximate surface area is 203 Å². The number of amides is 3. The number of nitrogens with zero attached hydrogens (tertiary/aromatic N) is 2. The quantitative estimate of drug-likeness (QED) is 0.0781. The van der Waals surface area contributed by atoms with Gasteiger partial charge in [0.2, 0.25) is 17.7 Å². The van der Waals surface area contributed by atoms with Gasteiger partial charge in [0, 0.05) is 19.5 Å². The number of aliphatic imine (C=N–C) groups is 1. The van der Waals surface area contributed by atoms with E-state index in [2.05, 4.69) is 15.6 Å². The van der Waals surface area contributed by atoms with Crippen molar-refractivity contribution in [1.82, 2.24) is 15.5 Å². The number of guanidine groups is 1. The van der Waals surface area contributed by atoms with E-state index in [9.17, 15) is 29.1 Å². The van der Waals surface area contributed by atoms with Gasteiger partial charge >= 0.3 is 11.9 Å². The van der Waals surface area contributed by atoms with Gasteiger partial charge in [0.1, 0.15) is 18.1 Å². The molecule has 10 N–H and O–H groups in total. The Morgan fingerprint density at radius 3 is 2.26 bits per heavy atom. The number of nitrogens with one attached hydrogen (secondary N) is 2. The first-order chi connectivity index (χ1) is 16.3. The lowest BCUT2D eigenvalue weighted by Gasteiger charge is -2.30. The van der Waals surface area contributed by atoms with Gasteiger partial charge in [-0.25, -0.2) is 4.79 Å². The molecular formula is C21H37N7O7. The molecule has 1 saturated heterocycles. The van der Waals surface area contributed by atoms with Gasteiger partial charge in [-0.15, -0.1) is 0 Å². The Kier molecular flexibility index (Phi) is 11.9. The van der Waals surface area contributed by atoms with Crippen LogP contribution in [0.5, 0.6) is 0 Å². The van der Waals surface area contributed by atoms with Crippen molar-refractivity contribution in [2.24, 2.45) is 28.1 Å². The van der Waals surface area contributed by atoms with Gasteiger partial charge in [-0.05, 0) is 38.0 Å². The van der Waals surface area contributed by atoms with Gasteiger partial charge in [0.05, 0.1) is 6.04 Å². The van der Waals surface area contributed by atoms with E-state index in [-0.39, 0.29) is 44.2 Å². The number of hydrogen-bond donors (Lipinski definition) is 7. The van der Waals surface area contributed by atoms with Gasteiger partial charge < -0.3 is 42.9 Å². The SMILES string of the molecule is CC(C)C(NC(=O)C(CCCN=C(N)N)NC(=O)C(N)CCC(=O)O)C(=O)N1CCCC1C(=O)O. The van der Waals surface area contributed by atoms with Crippen molar-refractivity contribution in [3.05, 3.63) is 0 Å². The lowest BCUT2D eigenvalue weighted by atomic mass is 10.0. The van der Waals surface area contributed by atoms with Crippen molar-refractivity contribution in [2.75, 3.05) is 13.1 Å². The number of carbonyl (C=O) groups is 5. The Bertz CT molecular complexity index is 814. The summed E-state index contributed by atoms with van der Waals surface area (Å²) >= 11 is 0. The van der Waals surface area contributed by atoms with Crippen LogP contribution in [0.25, 0.3) is 0 Å². The minimum Gasteiger partial charge on any atom is -0.481 e.